The van der Waals surface area contributed by atoms with Crippen LogP contribution in [0.1, 0.15) is 0 Å². The van der Waals surface area contributed by atoms with Crippen LogP contribution in [-0.2, 0) is 4.74 Å². The molecule has 0 aromatic rings. The fourth-order valence-electron chi connectivity index (χ4n) is 0.619. The van der Waals surface area contributed by atoms with Gasteiger partial charge in [0, 0.05) is 13.1 Å². The van der Waals surface area contributed by atoms with Crippen LogP contribution in [0.25, 0.3) is 0 Å². The van der Waals surface area contributed by atoms with Crippen molar-refractivity contribution in [2.24, 2.45) is 0 Å². The number of ether oxygens (including phenoxy) is 1. The normalized spacial score (nSPS) is 21.0. The summed E-state index contributed by atoms with van der Waals surface area (Å²) in [5.74, 6) is 0. The lowest BCUT2D eigenvalue weighted by Crippen LogP contribution is -2.52. The van der Waals surface area contributed by atoms with Crippen molar-refractivity contribution < 1.29 is 17.9 Å². The summed E-state index contributed by atoms with van der Waals surface area (Å²) < 4.78 is 40.4. The molecule has 0 saturated carbocycles. The van der Waals surface area contributed by atoms with E-state index >= 15 is 0 Å². The highest BCUT2D eigenvalue weighted by atomic mass is 35.5. The molecule has 0 aromatic heterocycles. The van der Waals surface area contributed by atoms with Crippen molar-refractivity contribution in [2.75, 3.05) is 13.1 Å². The zero-order chi connectivity index (χ0) is 8.48. The average molecular weight is 226 g/mol. The molecule has 1 N–H and O–H groups in total. The Morgan fingerprint density at radius 1 is 1.50 bits per heavy atom. The minimum absolute atomic E-state index is 0. The second-order valence-corrected chi connectivity index (χ2v) is 2.64. The topological polar surface area (TPSA) is 21.3 Å². The molecule has 0 radical (unpaired) electrons. The number of nitrogens with one attached hydrogen (secondary N) is 1. The number of halogens is 5. The van der Waals surface area contributed by atoms with Gasteiger partial charge in [-0.25, -0.2) is 4.39 Å². The molecule has 0 aromatic carbocycles. The first kappa shape index (κ1) is 12.3. The van der Waals surface area contributed by atoms with E-state index in [2.05, 4.69) is 21.7 Å². The zero-order valence-corrected chi connectivity index (χ0v) is 7.47. The lowest BCUT2D eigenvalue weighted by Gasteiger charge is -2.30. The highest BCUT2D eigenvalue weighted by Crippen LogP contribution is 2.27. The fourth-order valence-corrected chi connectivity index (χ4v) is 0.671. The van der Waals surface area contributed by atoms with Gasteiger partial charge < -0.3 is 10.1 Å². The maximum atomic E-state index is 12.3. The van der Waals surface area contributed by atoms with Crippen LogP contribution in [0.15, 0.2) is 0 Å². The van der Waals surface area contributed by atoms with E-state index in [0.29, 0.717) is 13.1 Å². The minimum atomic E-state index is -3.87. The first-order chi connectivity index (χ1) is 5.02. The molecule has 1 heterocycles. The van der Waals surface area contributed by atoms with Crippen molar-refractivity contribution in [3.8, 4) is 0 Å². The molecular formula is C5H8Cl2F3NO. The molecule has 0 amide bonds. The summed E-state index contributed by atoms with van der Waals surface area (Å²) in [5.41, 5.74) is -2.77. The predicted octanol–water partition coefficient (Wildman–Crippen LogP) is 1.52. The molecule has 1 atom stereocenters. The van der Waals surface area contributed by atoms with Crippen molar-refractivity contribution in [1.29, 1.82) is 0 Å². The molecule has 12 heavy (non-hydrogen) atoms. The van der Waals surface area contributed by atoms with Gasteiger partial charge in [0.25, 0.3) is 5.63 Å². The highest BCUT2D eigenvalue weighted by Gasteiger charge is 2.43. The van der Waals surface area contributed by atoms with Gasteiger partial charge in [0.05, 0.1) is 6.10 Å². The number of hydrogen-bond acceptors (Lipinski definition) is 2. The number of alkyl halides is 4. The predicted molar refractivity (Wildman–Crippen MR) is 40.7 cm³/mol. The van der Waals surface area contributed by atoms with Crippen LogP contribution in [0.2, 0.25) is 0 Å². The molecule has 0 bridgehead atoms. The van der Waals surface area contributed by atoms with Gasteiger partial charge in [-0.1, -0.05) is 11.6 Å². The van der Waals surface area contributed by atoms with Gasteiger partial charge in [-0.05, 0) is 0 Å². The summed E-state index contributed by atoms with van der Waals surface area (Å²) in [5, 5.41) is 2.70. The van der Waals surface area contributed by atoms with Crippen LogP contribution in [0.5, 0.6) is 0 Å². The van der Waals surface area contributed by atoms with Gasteiger partial charge in [-0.2, -0.15) is 8.78 Å². The molecule has 2 nitrogen and oxygen atoms in total. The molecule has 7 heteroatoms. The number of hydrogen-bond donors (Lipinski definition) is 1. The Morgan fingerprint density at radius 3 is 2.25 bits per heavy atom. The monoisotopic (exact) mass is 225 g/mol. The third-order valence-electron chi connectivity index (χ3n) is 1.32. The standard InChI is InChI=1S/C5H7ClF3NO.ClH/c6-4(7)5(8,9)11-3-1-10-2-3;/h3-4,10H,1-2H2;1H. The molecule has 0 aliphatic carbocycles. The number of rotatable bonds is 3. The summed E-state index contributed by atoms with van der Waals surface area (Å²) in [6.45, 7) is 0.637. The van der Waals surface area contributed by atoms with Crippen molar-refractivity contribution in [2.45, 2.75) is 17.8 Å². The van der Waals surface area contributed by atoms with Crippen molar-refractivity contribution in [3.63, 3.8) is 0 Å². The summed E-state index contributed by atoms with van der Waals surface area (Å²) >= 11 is 4.53. The maximum Gasteiger partial charge on any atom is 0.401 e. The Morgan fingerprint density at radius 2 is 2.00 bits per heavy atom. The first-order valence-corrected chi connectivity index (χ1v) is 3.50. The van der Waals surface area contributed by atoms with E-state index < -0.39 is 17.8 Å². The second-order valence-electron chi connectivity index (χ2n) is 2.26. The molecule has 0 spiro atoms. The first-order valence-electron chi connectivity index (χ1n) is 3.07. The average Bonchev–Trinajstić information content (AvgIpc) is 1.79. The van der Waals surface area contributed by atoms with E-state index in [1.54, 1.807) is 0 Å². The molecular weight excluding hydrogens is 218 g/mol. The summed E-state index contributed by atoms with van der Waals surface area (Å²) in [6, 6.07) is 0. The van der Waals surface area contributed by atoms with Gasteiger partial charge in [0.1, 0.15) is 0 Å². The van der Waals surface area contributed by atoms with Gasteiger partial charge in [0.15, 0.2) is 0 Å². The fraction of sp³-hybridized carbons (Fsp3) is 1.00. The second kappa shape index (κ2) is 4.50. The van der Waals surface area contributed by atoms with Crippen LogP contribution >= 0.6 is 24.0 Å². The van der Waals surface area contributed by atoms with Crippen molar-refractivity contribution >= 4 is 24.0 Å². The van der Waals surface area contributed by atoms with E-state index in [0.717, 1.165) is 0 Å². The van der Waals surface area contributed by atoms with Gasteiger partial charge >= 0.3 is 6.11 Å². The summed E-state index contributed by atoms with van der Waals surface area (Å²) in [4.78, 5) is 0. The molecule has 1 aliphatic rings. The Hall–Kier alpha value is 0.290. The van der Waals surface area contributed by atoms with E-state index in [1.807, 2.05) is 0 Å². The SMILES string of the molecule is Cl.FC(Cl)C(F)(F)OC1CNC1. The van der Waals surface area contributed by atoms with Crippen LogP contribution in [0, 0.1) is 0 Å². The van der Waals surface area contributed by atoms with Crippen LogP contribution in [-0.4, -0.2) is 30.9 Å². The van der Waals surface area contributed by atoms with E-state index in [1.165, 1.54) is 0 Å². The lowest BCUT2D eigenvalue weighted by molar-refractivity contribution is -0.284. The van der Waals surface area contributed by atoms with Crippen LogP contribution < -0.4 is 5.32 Å². The van der Waals surface area contributed by atoms with Gasteiger partial charge in [0.2, 0.25) is 0 Å². The molecule has 1 aliphatic heterocycles. The molecule has 1 unspecified atom stereocenters. The van der Waals surface area contributed by atoms with Crippen LogP contribution in [0.4, 0.5) is 13.2 Å². The Kier molecular flexibility index (Phi) is 4.61. The Balaban J connectivity index is 0.00000121. The summed E-state index contributed by atoms with van der Waals surface area (Å²) in [6.07, 6.45) is -4.49. The third kappa shape index (κ3) is 2.97. The Labute approximate surface area is 78.8 Å². The van der Waals surface area contributed by atoms with E-state index in [-0.39, 0.29) is 12.4 Å². The van der Waals surface area contributed by atoms with Crippen LogP contribution in [0.3, 0.4) is 0 Å². The zero-order valence-electron chi connectivity index (χ0n) is 5.90. The van der Waals surface area contributed by atoms with Gasteiger partial charge in [-0.15, -0.1) is 12.4 Å². The van der Waals surface area contributed by atoms with E-state index in [4.69, 9.17) is 0 Å². The quantitative estimate of drug-likeness (QED) is 0.736. The van der Waals surface area contributed by atoms with E-state index in [9.17, 15) is 13.2 Å². The van der Waals surface area contributed by atoms with Crippen molar-refractivity contribution in [1.82, 2.24) is 5.32 Å². The summed E-state index contributed by atoms with van der Waals surface area (Å²) in [7, 11) is 0. The lowest BCUT2D eigenvalue weighted by atomic mass is 10.2. The molecule has 1 saturated heterocycles. The molecule has 74 valence electrons. The molecule has 1 rings (SSSR count). The smallest absolute Gasteiger partial charge is 0.311 e. The maximum absolute atomic E-state index is 12.3. The molecule has 1 fully saturated rings. The third-order valence-corrected chi connectivity index (χ3v) is 1.58. The minimum Gasteiger partial charge on any atom is -0.311 e. The highest BCUT2D eigenvalue weighted by molar-refractivity contribution is 6.20. The largest absolute Gasteiger partial charge is 0.401 e. The van der Waals surface area contributed by atoms with Crippen molar-refractivity contribution in [3.05, 3.63) is 0 Å². The van der Waals surface area contributed by atoms with Gasteiger partial charge in [-0.3, -0.25) is 0 Å². The Bertz CT molecular complexity index is 143.